The molecular weight excluding hydrogens is 281 g/mol. The largest absolute Gasteiger partial charge is 0.574 e. The monoisotopic (exact) mass is 286 g/mol. The number of ether oxygens (including phenoxy) is 1. The summed E-state index contributed by atoms with van der Waals surface area (Å²) >= 11 is 2.98. The Labute approximate surface area is 91.0 Å². The summed E-state index contributed by atoms with van der Waals surface area (Å²) in [6.07, 6.45) is -3.83. The van der Waals surface area contributed by atoms with Gasteiger partial charge in [-0.3, -0.25) is 0 Å². The summed E-state index contributed by atoms with van der Waals surface area (Å²) in [6, 6.07) is 0. The van der Waals surface area contributed by atoms with Gasteiger partial charge in [0.25, 0.3) is 5.88 Å². The van der Waals surface area contributed by atoms with Crippen molar-refractivity contribution in [3.8, 4) is 11.6 Å². The standard InChI is InChI=1S/C7H6BrF3N2O2/c8-4-2-13-6(15-7(9,10)11)5(14)3(4)1-12/h2,14H,1,12H2. The van der Waals surface area contributed by atoms with Gasteiger partial charge in [-0.1, -0.05) is 0 Å². The molecule has 1 aromatic heterocycles. The van der Waals surface area contributed by atoms with E-state index in [4.69, 9.17) is 5.73 Å². The molecule has 0 unspecified atom stereocenters. The number of aromatic hydroxyl groups is 1. The normalized spacial score (nSPS) is 11.5. The lowest BCUT2D eigenvalue weighted by molar-refractivity contribution is -0.276. The lowest BCUT2D eigenvalue weighted by Gasteiger charge is -2.11. The second-order valence-electron chi connectivity index (χ2n) is 2.49. The first-order valence-corrected chi connectivity index (χ1v) is 4.46. The predicted molar refractivity (Wildman–Crippen MR) is 48.2 cm³/mol. The summed E-state index contributed by atoms with van der Waals surface area (Å²) in [4.78, 5) is 3.28. The molecule has 1 rings (SSSR count). The van der Waals surface area contributed by atoms with E-state index in [0.717, 1.165) is 6.20 Å². The fraction of sp³-hybridized carbons (Fsp3) is 0.286. The third kappa shape index (κ3) is 2.96. The van der Waals surface area contributed by atoms with E-state index in [-0.39, 0.29) is 12.1 Å². The summed E-state index contributed by atoms with van der Waals surface area (Å²) in [6.45, 7) is -0.136. The fourth-order valence-corrected chi connectivity index (χ4v) is 1.33. The molecule has 0 amide bonds. The number of hydrogen-bond donors (Lipinski definition) is 2. The summed E-state index contributed by atoms with van der Waals surface area (Å²) in [7, 11) is 0. The first-order chi connectivity index (χ1) is 6.85. The second kappa shape index (κ2) is 4.23. The van der Waals surface area contributed by atoms with Crippen LogP contribution in [0.5, 0.6) is 11.6 Å². The molecule has 0 aliphatic heterocycles. The highest BCUT2D eigenvalue weighted by Gasteiger charge is 2.33. The minimum Gasteiger partial charge on any atom is -0.503 e. The van der Waals surface area contributed by atoms with Crippen LogP contribution in [0.15, 0.2) is 10.7 Å². The molecule has 0 spiro atoms. The van der Waals surface area contributed by atoms with Crippen LogP contribution in [0.2, 0.25) is 0 Å². The summed E-state index contributed by atoms with van der Waals surface area (Å²) in [5.74, 6) is -1.63. The first-order valence-electron chi connectivity index (χ1n) is 3.67. The molecule has 4 nitrogen and oxygen atoms in total. The molecule has 0 saturated heterocycles. The fourth-order valence-electron chi connectivity index (χ4n) is 0.875. The maximum atomic E-state index is 11.8. The Balaban J connectivity index is 3.11. The van der Waals surface area contributed by atoms with Crippen LogP contribution in [0.3, 0.4) is 0 Å². The predicted octanol–water partition coefficient (Wildman–Crippen LogP) is 1.91. The maximum Gasteiger partial charge on any atom is 0.574 e. The molecule has 0 aliphatic rings. The topological polar surface area (TPSA) is 68.4 Å². The van der Waals surface area contributed by atoms with E-state index in [1.54, 1.807) is 0 Å². The van der Waals surface area contributed by atoms with Crippen molar-refractivity contribution >= 4 is 15.9 Å². The van der Waals surface area contributed by atoms with Crippen LogP contribution in [-0.2, 0) is 6.54 Å². The molecule has 0 saturated carbocycles. The summed E-state index contributed by atoms with van der Waals surface area (Å²) < 4.78 is 39.3. The first kappa shape index (κ1) is 12.1. The van der Waals surface area contributed by atoms with Crippen LogP contribution in [0.1, 0.15) is 5.56 Å². The Morgan fingerprint density at radius 3 is 2.60 bits per heavy atom. The van der Waals surface area contributed by atoms with Gasteiger partial charge >= 0.3 is 6.36 Å². The van der Waals surface area contributed by atoms with Gasteiger partial charge in [0.1, 0.15) is 0 Å². The molecular formula is C7H6BrF3N2O2. The van der Waals surface area contributed by atoms with E-state index in [1.165, 1.54) is 0 Å². The number of halogens is 4. The van der Waals surface area contributed by atoms with E-state index in [2.05, 4.69) is 25.7 Å². The van der Waals surface area contributed by atoms with Gasteiger partial charge in [0.2, 0.25) is 0 Å². The van der Waals surface area contributed by atoms with E-state index in [1.807, 2.05) is 0 Å². The second-order valence-corrected chi connectivity index (χ2v) is 3.34. The Morgan fingerprint density at radius 2 is 2.13 bits per heavy atom. The quantitative estimate of drug-likeness (QED) is 0.871. The van der Waals surface area contributed by atoms with Crippen molar-refractivity contribution < 1.29 is 23.0 Å². The minimum atomic E-state index is -4.90. The number of hydrogen-bond acceptors (Lipinski definition) is 4. The Bertz CT molecular complexity index is 370. The number of aromatic nitrogens is 1. The van der Waals surface area contributed by atoms with Gasteiger partial charge in [0.15, 0.2) is 5.75 Å². The van der Waals surface area contributed by atoms with Crippen molar-refractivity contribution in [3.05, 3.63) is 16.2 Å². The van der Waals surface area contributed by atoms with E-state index in [9.17, 15) is 18.3 Å². The third-order valence-corrected chi connectivity index (χ3v) is 2.17. The average Bonchev–Trinajstić information content (AvgIpc) is 2.09. The minimum absolute atomic E-state index is 0.101. The van der Waals surface area contributed by atoms with Crippen molar-refractivity contribution in [2.24, 2.45) is 5.73 Å². The molecule has 1 aromatic rings. The summed E-state index contributed by atoms with van der Waals surface area (Å²) in [5, 5.41) is 9.34. The van der Waals surface area contributed by atoms with Crippen molar-refractivity contribution in [1.82, 2.24) is 4.98 Å². The zero-order valence-electron chi connectivity index (χ0n) is 7.18. The van der Waals surface area contributed by atoms with Gasteiger partial charge in [-0.25, -0.2) is 4.98 Å². The Kier molecular flexibility index (Phi) is 3.40. The Hall–Kier alpha value is -1.02. The number of alkyl halides is 3. The zero-order chi connectivity index (χ0) is 11.6. The number of nitrogens with two attached hydrogens (primary N) is 1. The van der Waals surface area contributed by atoms with Crippen LogP contribution >= 0.6 is 15.9 Å². The van der Waals surface area contributed by atoms with Gasteiger partial charge in [0.05, 0.1) is 0 Å². The average molecular weight is 287 g/mol. The van der Waals surface area contributed by atoms with Crippen LogP contribution in [-0.4, -0.2) is 16.5 Å². The number of pyridine rings is 1. The van der Waals surface area contributed by atoms with Gasteiger partial charge in [-0.15, -0.1) is 13.2 Å². The smallest absolute Gasteiger partial charge is 0.503 e. The van der Waals surface area contributed by atoms with Gasteiger partial charge in [-0.05, 0) is 15.9 Å². The van der Waals surface area contributed by atoms with E-state index in [0.29, 0.717) is 4.47 Å². The molecule has 3 N–H and O–H groups in total. The van der Waals surface area contributed by atoms with Gasteiger partial charge < -0.3 is 15.6 Å². The molecule has 0 aromatic carbocycles. The highest BCUT2D eigenvalue weighted by Crippen LogP contribution is 2.35. The number of rotatable bonds is 2. The number of nitrogens with zero attached hydrogens (tertiary/aromatic N) is 1. The molecule has 8 heteroatoms. The highest BCUT2D eigenvalue weighted by molar-refractivity contribution is 9.10. The van der Waals surface area contributed by atoms with Gasteiger partial charge in [0, 0.05) is 22.8 Å². The zero-order valence-corrected chi connectivity index (χ0v) is 8.76. The molecule has 1 heterocycles. The lowest BCUT2D eigenvalue weighted by Crippen LogP contribution is -2.18. The molecule has 0 atom stereocenters. The molecule has 15 heavy (non-hydrogen) atoms. The molecule has 0 bridgehead atoms. The van der Waals surface area contributed by atoms with E-state index >= 15 is 0 Å². The van der Waals surface area contributed by atoms with Crippen molar-refractivity contribution in [2.75, 3.05) is 0 Å². The third-order valence-electron chi connectivity index (χ3n) is 1.49. The van der Waals surface area contributed by atoms with Crippen LogP contribution in [0, 0.1) is 0 Å². The molecule has 0 fully saturated rings. The SMILES string of the molecule is NCc1c(Br)cnc(OC(F)(F)F)c1O. The molecule has 84 valence electrons. The van der Waals surface area contributed by atoms with Crippen LogP contribution in [0.4, 0.5) is 13.2 Å². The highest BCUT2D eigenvalue weighted by atomic mass is 79.9. The van der Waals surface area contributed by atoms with Crippen LogP contribution in [0.25, 0.3) is 0 Å². The van der Waals surface area contributed by atoms with Crippen molar-refractivity contribution in [1.29, 1.82) is 0 Å². The lowest BCUT2D eigenvalue weighted by atomic mass is 10.2. The summed E-state index contributed by atoms with van der Waals surface area (Å²) in [5.41, 5.74) is 5.33. The van der Waals surface area contributed by atoms with E-state index < -0.39 is 18.0 Å². The molecule has 0 radical (unpaired) electrons. The van der Waals surface area contributed by atoms with Crippen molar-refractivity contribution in [3.63, 3.8) is 0 Å². The van der Waals surface area contributed by atoms with Crippen LogP contribution < -0.4 is 10.5 Å². The molecule has 0 aliphatic carbocycles. The maximum absolute atomic E-state index is 11.8. The Morgan fingerprint density at radius 1 is 1.53 bits per heavy atom. The van der Waals surface area contributed by atoms with Gasteiger partial charge in [-0.2, -0.15) is 0 Å². The van der Waals surface area contributed by atoms with Crippen molar-refractivity contribution in [2.45, 2.75) is 12.9 Å².